The number of nitrogens with zero attached hydrogens (tertiary/aromatic N) is 4. The summed E-state index contributed by atoms with van der Waals surface area (Å²) in [6.45, 7) is 9.65. The highest BCUT2D eigenvalue weighted by atomic mass is 16.6. The van der Waals surface area contributed by atoms with E-state index in [2.05, 4.69) is 21.3 Å². The van der Waals surface area contributed by atoms with E-state index < -0.39 is 60.0 Å². The molecule has 4 rings (SSSR count). The maximum atomic E-state index is 12.6. The standard InChI is InChI=1S/C41H56N8O10/c1-5-46-24-26-48(36(52)34(46)50)38(54)44-28(3)30-14-18-32(19-15-30)58-40(56)42-22-12-10-8-7-9-11-13-23-43-41(57)59-33-20-16-31(17-21-33)29(4)45-39(55)49-27-25-47(6-2)35(51)37(49)53/h14-21,28-29H,5-13,22-27H2,1-4H3,(H,42,56)(H,43,57)(H,44,54)(H,45,55). The predicted molar refractivity (Wildman–Crippen MR) is 215 cm³/mol. The molecule has 0 radical (unpaired) electrons. The van der Waals surface area contributed by atoms with Crippen LogP contribution in [0.1, 0.15) is 95.9 Å². The summed E-state index contributed by atoms with van der Waals surface area (Å²) < 4.78 is 10.7. The van der Waals surface area contributed by atoms with Crippen LogP contribution in [-0.2, 0) is 19.2 Å². The fraction of sp³-hybridized carbons (Fsp3) is 0.512. The van der Waals surface area contributed by atoms with E-state index in [0.29, 0.717) is 50.8 Å². The van der Waals surface area contributed by atoms with E-state index in [4.69, 9.17) is 9.47 Å². The smallest absolute Gasteiger partial charge is 0.410 e. The van der Waals surface area contributed by atoms with Crippen LogP contribution in [0.3, 0.4) is 0 Å². The van der Waals surface area contributed by atoms with Crippen molar-refractivity contribution < 1.29 is 47.8 Å². The van der Waals surface area contributed by atoms with Gasteiger partial charge in [0.05, 0.1) is 12.1 Å². The van der Waals surface area contributed by atoms with Crippen LogP contribution in [-0.4, -0.2) is 120 Å². The zero-order valence-corrected chi connectivity index (χ0v) is 34.3. The Hall–Kier alpha value is -6.20. The number of hydrogen-bond acceptors (Lipinski definition) is 10. The van der Waals surface area contributed by atoms with E-state index in [1.54, 1.807) is 76.2 Å². The molecular weight excluding hydrogens is 764 g/mol. The lowest BCUT2D eigenvalue weighted by molar-refractivity contribution is -0.153. The first kappa shape index (κ1) is 45.5. The number of ether oxygens (including phenoxy) is 2. The highest BCUT2D eigenvalue weighted by molar-refractivity contribution is 6.38. The second-order valence-electron chi connectivity index (χ2n) is 14.3. The van der Waals surface area contributed by atoms with Crippen molar-refractivity contribution in [1.29, 1.82) is 0 Å². The number of carbonyl (C=O) groups excluding carboxylic acids is 8. The lowest BCUT2D eigenvalue weighted by Crippen LogP contribution is -2.58. The minimum absolute atomic E-state index is 0.129. The molecule has 2 unspecified atom stereocenters. The average molecular weight is 821 g/mol. The molecule has 0 saturated carbocycles. The summed E-state index contributed by atoms with van der Waals surface area (Å²) in [5.41, 5.74) is 1.46. The molecule has 18 nitrogen and oxygen atoms in total. The molecule has 2 saturated heterocycles. The number of carbonyl (C=O) groups is 8. The summed E-state index contributed by atoms with van der Waals surface area (Å²) in [6.07, 6.45) is 5.40. The summed E-state index contributed by atoms with van der Waals surface area (Å²) in [6, 6.07) is 11.1. The molecule has 0 bridgehead atoms. The third-order valence-corrected chi connectivity index (χ3v) is 10.1. The molecule has 0 spiro atoms. The Labute approximate surface area is 344 Å². The van der Waals surface area contributed by atoms with Gasteiger partial charge in [-0.2, -0.15) is 0 Å². The minimum Gasteiger partial charge on any atom is -0.410 e. The number of benzene rings is 2. The van der Waals surface area contributed by atoms with Gasteiger partial charge in [-0.05, 0) is 75.9 Å². The highest BCUT2D eigenvalue weighted by Gasteiger charge is 2.37. The average Bonchev–Trinajstić information content (AvgIpc) is 3.22. The van der Waals surface area contributed by atoms with Crippen LogP contribution in [0.2, 0.25) is 0 Å². The van der Waals surface area contributed by atoms with Gasteiger partial charge in [-0.25, -0.2) is 19.2 Å². The minimum atomic E-state index is -0.846. The third kappa shape index (κ3) is 13.4. The van der Waals surface area contributed by atoms with Crippen molar-refractivity contribution in [1.82, 2.24) is 40.9 Å². The Morgan fingerprint density at radius 3 is 1.20 bits per heavy atom. The number of imide groups is 2. The molecule has 2 aromatic rings. The number of amides is 10. The maximum absolute atomic E-state index is 12.6. The number of piperazine rings is 2. The lowest BCUT2D eigenvalue weighted by atomic mass is 10.1. The second kappa shape index (κ2) is 22.7. The van der Waals surface area contributed by atoms with Gasteiger partial charge >= 0.3 is 47.9 Å². The van der Waals surface area contributed by atoms with Crippen molar-refractivity contribution in [2.24, 2.45) is 0 Å². The molecule has 2 heterocycles. The first-order valence-electron chi connectivity index (χ1n) is 20.3. The van der Waals surface area contributed by atoms with Crippen LogP contribution in [0.4, 0.5) is 19.2 Å². The zero-order valence-electron chi connectivity index (χ0n) is 34.3. The van der Waals surface area contributed by atoms with Gasteiger partial charge in [0.1, 0.15) is 11.5 Å². The van der Waals surface area contributed by atoms with Crippen LogP contribution < -0.4 is 30.7 Å². The first-order valence-corrected chi connectivity index (χ1v) is 20.3. The number of hydrogen-bond donors (Lipinski definition) is 4. The largest absolute Gasteiger partial charge is 0.412 e. The Morgan fingerprint density at radius 2 is 0.864 bits per heavy atom. The fourth-order valence-corrected chi connectivity index (χ4v) is 6.48. The first-order chi connectivity index (χ1) is 28.3. The second-order valence-corrected chi connectivity index (χ2v) is 14.3. The quantitative estimate of drug-likeness (QED) is 0.124. The topological polar surface area (TPSA) is 216 Å². The number of unbranched alkanes of at least 4 members (excludes halogenated alkanes) is 6. The summed E-state index contributed by atoms with van der Waals surface area (Å²) in [5.74, 6) is -2.40. The van der Waals surface area contributed by atoms with Gasteiger partial charge in [-0.15, -0.1) is 0 Å². The fourth-order valence-electron chi connectivity index (χ4n) is 6.48. The van der Waals surface area contributed by atoms with Crippen LogP contribution in [0.25, 0.3) is 0 Å². The van der Waals surface area contributed by atoms with Crippen molar-refractivity contribution in [2.75, 3.05) is 52.4 Å². The molecule has 18 heteroatoms. The Kier molecular flexibility index (Phi) is 17.5. The summed E-state index contributed by atoms with van der Waals surface area (Å²) in [7, 11) is 0. The van der Waals surface area contributed by atoms with Gasteiger partial charge in [0, 0.05) is 52.4 Å². The molecular formula is C41H56N8O10. The molecule has 2 atom stereocenters. The monoisotopic (exact) mass is 820 g/mol. The van der Waals surface area contributed by atoms with E-state index >= 15 is 0 Å². The van der Waals surface area contributed by atoms with E-state index in [9.17, 15) is 38.4 Å². The van der Waals surface area contributed by atoms with Crippen molar-refractivity contribution in [3.63, 3.8) is 0 Å². The van der Waals surface area contributed by atoms with Gasteiger partial charge in [-0.3, -0.25) is 29.0 Å². The van der Waals surface area contributed by atoms with Gasteiger partial charge in [0.25, 0.3) is 0 Å². The number of likely N-dealkylation sites (N-methyl/N-ethyl adjacent to an activating group) is 2. The van der Waals surface area contributed by atoms with Crippen LogP contribution in [0, 0.1) is 0 Å². The van der Waals surface area contributed by atoms with Crippen molar-refractivity contribution in [2.45, 2.75) is 84.7 Å². The van der Waals surface area contributed by atoms with Crippen molar-refractivity contribution >= 4 is 47.9 Å². The Morgan fingerprint density at radius 1 is 0.525 bits per heavy atom. The molecule has 2 fully saturated rings. The molecule has 2 aliphatic rings. The summed E-state index contributed by atoms with van der Waals surface area (Å²) in [5, 5.41) is 11.0. The van der Waals surface area contributed by atoms with Crippen LogP contribution >= 0.6 is 0 Å². The molecule has 4 N–H and O–H groups in total. The van der Waals surface area contributed by atoms with Gasteiger partial charge in [0.2, 0.25) is 0 Å². The molecule has 59 heavy (non-hydrogen) atoms. The van der Waals surface area contributed by atoms with Crippen molar-refractivity contribution in [3.05, 3.63) is 59.7 Å². The number of nitrogens with one attached hydrogen (secondary N) is 4. The predicted octanol–water partition coefficient (Wildman–Crippen LogP) is 4.22. The molecule has 320 valence electrons. The maximum Gasteiger partial charge on any atom is 0.412 e. The molecule has 0 aliphatic carbocycles. The SMILES string of the molecule is CCN1CCN(C(=O)NC(C)c2ccc(OC(=O)NCCCCCCCCCNC(=O)Oc3ccc(C(C)NC(=O)N4CCN(CC)C(=O)C4=O)cc3)cc2)C(=O)C1=O. The zero-order chi connectivity index (χ0) is 42.9. The Balaban J connectivity index is 0.993. The Bertz CT molecular complexity index is 1680. The van der Waals surface area contributed by atoms with E-state index in [-0.39, 0.29) is 13.1 Å². The number of urea groups is 2. The summed E-state index contributed by atoms with van der Waals surface area (Å²) >= 11 is 0. The normalized spacial score (nSPS) is 15.4. The van der Waals surface area contributed by atoms with E-state index in [1.807, 2.05) is 0 Å². The van der Waals surface area contributed by atoms with E-state index in [0.717, 1.165) is 65.9 Å². The summed E-state index contributed by atoms with van der Waals surface area (Å²) in [4.78, 5) is 103. The highest BCUT2D eigenvalue weighted by Crippen LogP contribution is 2.20. The van der Waals surface area contributed by atoms with Crippen LogP contribution in [0.5, 0.6) is 11.5 Å². The van der Waals surface area contributed by atoms with Gasteiger partial charge < -0.3 is 40.5 Å². The molecule has 2 aliphatic heterocycles. The molecule has 10 amide bonds. The van der Waals surface area contributed by atoms with Gasteiger partial charge in [0.15, 0.2) is 0 Å². The van der Waals surface area contributed by atoms with E-state index in [1.165, 1.54) is 9.80 Å². The molecule has 2 aromatic carbocycles. The number of rotatable bonds is 18. The van der Waals surface area contributed by atoms with Crippen LogP contribution in [0.15, 0.2) is 48.5 Å². The van der Waals surface area contributed by atoms with Crippen molar-refractivity contribution in [3.8, 4) is 11.5 Å². The third-order valence-electron chi connectivity index (χ3n) is 10.1. The lowest BCUT2D eigenvalue weighted by Gasteiger charge is -2.32. The van der Waals surface area contributed by atoms with Gasteiger partial charge in [-0.1, -0.05) is 56.4 Å². The molecule has 0 aromatic heterocycles.